The van der Waals surface area contributed by atoms with Crippen molar-refractivity contribution in [3.05, 3.63) is 123 Å². The first-order chi connectivity index (χ1) is 36.8. The van der Waals surface area contributed by atoms with E-state index in [1.54, 1.807) is 43.0 Å². The van der Waals surface area contributed by atoms with E-state index in [1.807, 2.05) is 77.9 Å². The molecule has 5 aliphatic rings. The molecule has 0 amide bonds. The molecule has 11 rings (SSSR count). The number of rotatable bonds is 6. The number of methoxy groups -OCH3 is 2. The second-order valence-electron chi connectivity index (χ2n) is 24.6. The van der Waals surface area contributed by atoms with E-state index in [0.717, 1.165) is 88.4 Å². The van der Waals surface area contributed by atoms with Crippen molar-refractivity contribution in [3.8, 4) is 22.5 Å². The molecule has 0 radical (unpaired) electrons. The van der Waals surface area contributed by atoms with Gasteiger partial charge in [0, 0.05) is 45.4 Å². The number of benzene rings is 4. The summed E-state index contributed by atoms with van der Waals surface area (Å²) < 4.78 is 65.3. The van der Waals surface area contributed by atoms with E-state index >= 15 is 0 Å². The summed E-state index contributed by atoms with van der Waals surface area (Å²) in [7, 11) is 1.34. The average molecular weight is 1210 g/mol. The van der Waals surface area contributed by atoms with Crippen LogP contribution in [0.4, 0.5) is 8.78 Å². The summed E-state index contributed by atoms with van der Waals surface area (Å²) in [6, 6.07) is 21.2. The third-order valence-electron chi connectivity index (χ3n) is 15.6. The molecule has 2 unspecified atom stereocenters. The van der Waals surface area contributed by atoms with Crippen LogP contribution in [0, 0.1) is 17.0 Å². The minimum Gasteiger partial charge on any atom is -1.00 e. The fourth-order valence-electron chi connectivity index (χ4n) is 12.4. The summed E-state index contributed by atoms with van der Waals surface area (Å²) in [5.41, 5.74) is 9.04. The Labute approximate surface area is 481 Å². The van der Waals surface area contributed by atoms with Crippen LogP contribution in [0.25, 0.3) is 50.4 Å². The van der Waals surface area contributed by atoms with Gasteiger partial charge in [0.05, 0.1) is 64.2 Å². The lowest BCUT2D eigenvalue weighted by Crippen LogP contribution is -3.00. The van der Waals surface area contributed by atoms with E-state index in [-0.39, 0.29) is 60.0 Å². The maximum Gasteiger partial charge on any atom is 0.337 e. The molecule has 3 saturated carbocycles. The number of esters is 4. The molecule has 6 aromatic rings. The molecule has 2 atom stereocenters. The van der Waals surface area contributed by atoms with Crippen LogP contribution in [0.1, 0.15) is 173 Å². The van der Waals surface area contributed by atoms with Crippen molar-refractivity contribution in [3.63, 3.8) is 0 Å². The van der Waals surface area contributed by atoms with Gasteiger partial charge in [0.25, 0.3) is 0 Å². The quantitative estimate of drug-likeness (QED) is 0.0692. The Morgan fingerprint density at radius 2 is 1.08 bits per heavy atom. The van der Waals surface area contributed by atoms with Gasteiger partial charge < -0.3 is 52.1 Å². The molecular weight excluding hydrogens is 1140 g/mol. The van der Waals surface area contributed by atoms with E-state index in [0.29, 0.717) is 47.1 Å². The first-order valence-corrected chi connectivity index (χ1v) is 30.2. The van der Waals surface area contributed by atoms with Crippen molar-refractivity contribution in [2.24, 2.45) is 5.41 Å². The van der Waals surface area contributed by atoms with Crippen molar-refractivity contribution < 1.29 is 75.1 Å². The number of carbonyl (C=O) groups is 4. The normalized spacial score (nSPS) is 18.8. The van der Waals surface area contributed by atoms with E-state index in [2.05, 4.69) is 9.13 Å². The van der Waals surface area contributed by atoms with Crippen LogP contribution in [0.3, 0.4) is 0 Å². The summed E-state index contributed by atoms with van der Waals surface area (Å²) in [5, 5.41) is 2.16. The second-order valence-corrected chi connectivity index (χ2v) is 28.0. The van der Waals surface area contributed by atoms with Crippen molar-refractivity contribution in [1.29, 1.82) is 0 Å². The van der Waals surface area contributed by atoms with Gasteiger partial charge in [0.1, 0.15) is 41.6 Å². The largest absolute Gasteiger partial charge is 1.00 e. The Kier molecular flexibility index (Phi) is 17.3. The van der Waals surface area contributed by atoms with Crippen molar-refractivity contribution in [2.75, 3.05) is 33.0 Å². The van der Waals surface area contributed by atoms with E-state index in [1.165, 1.54) is 69.2 Å². The SMILES string of the molecule is COC(=O)c1ccc2c(C3CCCCC3)c3n(c2c1)CC(C(=O)OC(C)(C)C)=Cc1cc(F)ccc1-3.COC(=O)c1ccc2c(C3CCCCC3)c3n(c2c1)CC1(C(=O)OC(C)(C)C)CC1c1cc(F)ccc1-3.C[S+](C)(C)=O.[I-]. The van der Waals surface area contributed by atoms with Gasteiger partial charge in [-0.15, -0.1) is 4.21 Å². The molecule has 4 aromatic carbocycles. The number of ether oxygens (including phenoxy) is 4. The van der Waals surface area contributed by atoms with Gasteiger partial charge in [-0.1, -0.05) is 50.7 Å². The summed E-state index contributed by atoms with van der Waals surface area (Å²) >= 11 is 0. The van der Waals surface area contributed by atoms with Crippen LogP contribution in [0.5, 0.6) is 0 Å². The van der Waals surface area contributed by atoms with E-state index in [9.17, 15) is 32.2 Å². The number of nitrogens with zero attached hydrogens (tertiary/aromatic N) is 2. The van der Waals surface area contributed by atoms with Crippen LogP contribution in [-0.4, -0.2) is 77.2 Å². The summed E-state index contributed by atoms with van der Waals surface area (Å²) in [5.74, 6) is -1.50. The molecule has 15 heteroatoms. The van der Waals surface area contributed by atoms with Crippen LogP contribution >= 0.6 is 0 Å². The summed E-state index contributed by atoms with van der Waals surface area (Å²) in [6.07, 6.45) is 19.0. The maximum atomic E-state index is 14.7. The summed E-state index contributed by atoms with van der Waals surface area (Å²) in [6.45, 7) is 11.8. The van der Waals surface area contributed by atoms with Crippen LogP contribution in [0.15, 0.2) is 78.4 Å². The second kappa shape index (κ2) is 23.1. The Morgan fingerprint density at radius 1 is 0.608 bits per heavy atom. The third kappa shape index (κ3) is 12.6. The number of halogens is 3. The maximum absolute atomic E-state index is 14.7. The van der Waals surface area contributed by atoms with Gasteiger partial charge in [-0.2, -0.15) is 0 Å². The first kappa shape index (κ1) is 59.4. The zero-order chi connectivity index (χ0) is 56.2. The van der Waals surface area contributed by atoms with Crippen molar-refractivity contribution in [1.82, 2.24) is 9.13 Å². The third-order valence-corrected chi connectivity index (χ3v) is 15.6. The zero-order valence-corrected chi connectivity index (χ0v) is 50.5. The van der Waals surface area contributed by atoms with Crippen LogP contribution in [0.2, 0.25) is 0 Å². The Bertz CT molecular complexity index is 3430. The van der Waals surface area contributed by atoms with E-state index in [4.69, 9.17) is 18.9 Å². The topological polar surface area (TPSA) is 132 Å². The first-order valence-electron chi connectivity index (χ1n) is 27.4. The lowest BCUT2D eigenvalue weighted by atomic mass is 9.81. The molecule has 4 heterocycles. The highest BCUT2D eigenvalue weighted by Gasteiger charge is 2.64. The standard InChI is InChI=1S/C31H34FNO4.C30H32FNO4.C3H9OS.HI/c1-30(2,3)37-29(35)31-16-24(31)23-15-20(32)11-13-21(23)27-26(18-8-6-5-7-9-18)22-12-10-19(28(34)36-4)14-25(22)33(27)17-31;1-30(2,3)36-29(34)21-14-20-15-22(31)11-13-23(20)27-26(18-8-6-5-7-9-18)24-12-10-19(28(33)35-4)16-25(24)32(27)17-21;1-5(2,3)4;/h10-15,18,24H,5-9,16-17H2,1-4H3;10-16,18H,5-9,17H2,1-4H3;1-3H3;1H/q;;+1;/p-1. The van der Waals surface area contributed by atoms with Crippen molar-refractivity contribution in [2.45, 2.75) is 154 Å². The molecular formula is C64H75F2IN2O9S. The van der Waals surface area contributed by atoms with E-state index < -0.39 is 38.5 Å². The van der Waals surface area contributed by atoms with Crippen LogP contribution in [-0.2, 0) is 55.8 Å². The lowest BCUT2D eigenvalue weighted by molar-refractivity contribution is -0.162. The molecule has 0 spiro atoms. The zero-order valence-electron chi connectivity index (χ0n) is 47.5. The molecule has 79 heavy (non-hydrogen) atoms. The number of hydrogen-bond donors (Lipinski definition) is 0. The Morgan fingerprint density at radius 3 is 1.57 bits per heavy atom. The molecule has 422 valence electrons. The van der Waals surface area contributed by atoms with Gasteiger partial charge >= 0.3 is 23.9 Å². The number of aromatic nitrogens is 2. The van der Waals surface area contributed by atoms with Gasteiger partial charge in [-0.3, -0.25) is 4.79 Å². The number of fused-ring (bicyclic) bond motifs is 12. The number of hydrogen-bond acceptors (Lipinski definition) is 9. The molecule has 0 saturated heterocycles. The van der Waals surface area contributed by atoms with Crippen molar-refractivity contribution >= 4 is 61.7 Å². The highest BCUT2D eigenvalue weighted by atomic mass is 127. The Hall–Kier alpha value is -5.68. The molecule has 11 nitrogen and oxygen atoms in total. The minimum absolute atomic E-state index is 0. The predicted octanol–water partition coefficient (Wildman–Crippen LogP) is 11.5. The fraction of sp³-hybridized carbons (Fsp3) is 0.469. The molecule has 3 fully saturated rings. The fourth-order valence-corrected chi connectivity index (χ4v) is 12.4. The smallest absolute Gasteiger partial charge is 0.337 e. The van der Waals surface area contributed by atoms with Gasteiger partial charge in [0.2, 0.25) is 0 Å². The molecule has 3 aliphatic carbocycles. The summed E-state index contributed by atoms with van der Waals surface area (Å²) in [4.78, 5) is 51.9. The lowest BCUT2D eigenvalue weighted by Gasteiger charge is -2.25. The Balaban J connectivity index is 0.000000190. The monoisotopic (exact) mass is 1210 g/mol. The molecule has 2 aliphatic heterocycles. The highest BCUT2D eigenvalue weighted by molar-refractivity contribution is 8.00. The minimum atomic E-state index is -1.42. The number of carbonyl (C=O) groups excluding carboxylic acids is 4. The molecule has 0 bridgehead atoms. The van der Waals surface area contributed by atoms with Gasteiger partial charge in [-0.25, -0.2) is 23.2 Å². The molecule has 2 aromatic heterocycles. The van der Waals surface area contributed by atoms with Gasteiger partial charge in [0.15, 0.2) is 0 Å². The molecule has 0 N–H and O–H groups in total. The average Bonchev–Trinajstić information content (AvgIpc) is 3.85. The van der Waals surface area contributed by atoms with Crippen LogP contribution < -0.4 is 24.0 Å². The highest BCUT2D eigenvalue weighted by Crippen LogP contribution is 2.66. The van der Waals surface area contributed by atoms with Gasteiger partial charge in [-0.05, 0) is 174 Å². The predicted molar refractivity (Wildman–Crippen MR) is 304 cm³/mol.